The van der Waals surface area contributed by atoms with Crippen LogP contribution in [0.4, 0.5) is 0 Å². The molecule has 0 saturated heterocycles. The molecule has 23 heavy (non-hydrogen) atoms. The van der Waals surface area contributed by atoms with Crippen LogP contribution in [0.25, 0.3) is 0 Å². The van der Waals surface area contributed by atoms with Gasteiger partial charge in [0, 0.05) is 6.42 Å². The maximum absolute atomic E-state index is 5.56. The van der Waals surface area contributed by atoms with Gasteiger partial charge in [-0.05, 0) is 23.3 Å². The van der Waals surface area contributed by atoms with Gasteiger partial charge in [-0.25, -0.2) is 0 Å². The predicted molar refractivity (Wildman–Crippen MR) is 91.1 cm³/mol. The Labute approximate surface area is 138 Å². The van der Waals surface area contributed by atoms with Crippen LogP contribution in [0.3, 0.4) is 0 Å². The third-order valence-corrected chi connectivity index (χ3v) is 3.21. The number of ether oxygens (including phenoxy) is 3. The van der Waals surface area contributed by atoms with Gasteiger partial charge in [-0.15, -0.1) is 0 Å². The van der Waals surface area contributed by atoms with Gasteiger partial charge in [0.25, 0.3) is 0 Å². The van der Waals surface area contributed by atoms with E-state index in [9.17, 15) is 0 Å². The number of rotatable bonds is 8. The molecule has 120 valence electrons. The van der Waals surface area contributed by atoms with E-state index < -0.39 is 0 Å². The Bertz CT molecular complexity index is 609. The molecular formula is C20H22O3. The van der Waals surface area contributed by atoms with Crippen molar-refractivity contribution in [2.24, 2.45) is 0 Å². The summed E-state index contributed by atoms with van der Waals surface area (Å²) in [6.45, 7) is 2.27. The van der Waals surface area contributed by atoms with Gasteiger partial charge in [0.15, 0.2) is 0 Å². The molecule has 0 aromatic heterocycles. The molecule has 2 aromatic carbocycles. The van der Waals surface area contributed by atoms with Crippen molar-refractivity contribution in [3.63, 3.8) is 0 Å². The number of hydrogen-bond acceptors (Lipinski definition) is 3. The molecule has 0 heterocycles. The largest absolute Gasteiger partial charge is 0.497 e. The Balaban J connectivity index is 1.52. The van der Waals surface area contributed by atoms with E-state index in [1.165, 1.54) is 5.56 Å². The Hall–Kier alpha value is -2.28. The Morgan fingerprint density at radius 3 is 2.22 bits per heavy atom. The van der Waals surface area contributed by atoms with E-state index in [4.69, 9.17) is 14.2 Å². The van der Waals surface area contributed by atoms with Crippen molar-refractivity contribution in [2.75, 3.05) is 20.3 Å². The van der Waals surface area contributed by atoms with Gasteiger partial charge in [0.1, 0.15) is 12.4 Å². The highest BCUT2D eigenvalue weighted by Gasteiger charge is 1.94. The van der Waals surface area contributed by atoms with Crippen LogP contribution in [-0.4, -0.2) is 20.3 Å². The van der Waals surface area contributed by atoms with Crippen LogP contribution < -0.4 is 4.74 Å². The molecule has 0 unspecified atom stereocenters. The lowest BCUT2D eigenvalue weighted by Crippen LogP contribution is -1.95. The fourth-order valence-electron chi connectivity index (χ4n) is 1.97. The van der Waals surface area contributed by atoms with Crippen LogP contribution in [0, 0.1) is 11.8 Å². The summed E-state index contributed by atoms with van der Waals surface area (Å²) in [4.78, 5) is 0. The van der Waals surface area contributed by atoms with E-state index in [1.807, 2.05) is 42.5 Å². The normalized spacial score (nSPS) is 9.96. The molecule has 0 spiro atoms. The first kappa shape index (κ1) is 17.1. The number of benzene rings is 2. The fourth-order valence-corrected chi connectivity index (χ4v) is 1.97. The summed E-state index contributed by atoms with van der Waals surface area (Å²) in [6, 6.07) is 18.0. The highest BCUT2D eigenvalue weighted by atomic mass is 16.5. The van der Waals surface area contributed by atoms with Gasteiger partial charge < -0.3 is 14.2 Å². The molecule has 2 aromatic rings. The molecule has 0 aliphatic carbocycles. The zero-order chi connectivity index (χ0) is 16.2. The first-order valence-corrected chi connectivity index (χ1v) is 7.66. The Morgan fingerprint density at radius 1 is 0.783 bits per heavy atom. The molecule has 0 radical (unpaired) electrons. The standard InChI is InChI=1S/C20H22O3/c1-21-20-12-10-19(11-13-20)17-23-15-7-3-6-14-22-16-18-8-4-2-5-9-18/h2,4-5,8-13H,6,14-17H2,1H3. The van der Waals surface area contributed by atoms with Crippen molar-refractivity contribution in [1.82, 2.24) is 0 Å². The van der Waals surface area contributed by atoms with Gasteiger partial charge in [-0.1, -0.05) is 54.3 Å². The van der Waals surface area contributed by atoms with Crippen molar-refractivity contribution in [3.8, 4) is 17.6 Å². The number of methoxy groups -OCH3 is 1. The van der Waals surface area contributed by atoms with Crippen LogP contribution in [0.1, 0.15) is 17.5 Å². The van der Waals surface area contributed by atoms with Gasteiger partial charge in [0.05, 0.1) is 26.9 Å². The predicted octanol–water partition coefficient (Wildman–Crippen LogP) is 3.82. The molecule has 0 fully saturated rings. The van der Waals surface area contributed by atoms with Crippen molar-refractivity contribution in [2.45, 2.75) is 19.6 Å². The lowest BCUT2D eigenvalue weighted by atomic mass is 10.2. The molecular weight excluding hydrogens is 288 g/mol. The molecule has 3 nitrogen and oxygen atoms in total. The average Bonchev–Trinajstić information content (AvgIpc) is 2.61. The van der Waals surface area contributed by atoms with E-state index in [1.54, 1.807) is 7.11 Å². The summed E-state index contributed by atoms with van der Waals surface area (Å²) in [5.74, 6) is 6.91. The van der Waals surface area contributed by atoms with Crippen LogP contribution >= 0.6 is 0 Å². The second kappa shape index (κ2) is 10.4. The highest BCUT2D eigenvalue weighted by molar-refractivity contribution is 5.26. The lowest BCUT2D eigenvalue weighted by molar-refractivity contribution is 0.126. The molecule has 3 heteroatoms. The van der Waals surface area contributed by atoms with E-state index in [0.717, 1.165) is 17.7 Å². The van der Waals surface area contributed by atoms with Crippen molar-refractivity contribution in [3.05, 3.63) is 65.7 Å². The van der Waals surface area contributed by atoms with Crippen LogP contribution in [-0.2, 0) is 22.7 Å². The minimum absolute atomic E-state index is 0.435. The monoisotopic (exact) mass is 310 g/mol. The quantitative estimate of drug-likeness (QED) is 0.548. The summed E-state index contributed by atoms with van der Waals surface area (Å²) >= 11 is 0. The average molecular weight is 310 g/mol. The third kappa shape index (κ3) is 7.01. The van der Waals surface area contributed by atoms with Gasteiger partial charge in [-0.3, -0.25) is 0 Å². The molecule has 0 bridgehead atoms. The Morgan fingerprint density at radius 2 is 1.48 bits per heavy atom. The molecule has 0 amide bonds. The van der Waals surface area contributed by atoms with Gasteiger partial charge >= 0.3 is 0 Å². The second-order valence-electron chi connectivity index (χ2n) is 4.98. The SMILES string of the molecule is COc1ccc(COCC#CCCOCc2ccccc2)cc1. The van der Waals surface area contributed by atoms with Crippen LogP contribution in [0.5, 0.6) is 5.75 Å². The highest BCUT2D eigenvalue weighted by Crippen LogP contribution is 2.11. The molecule has 0 aliphatic rings. The summed E-state index contributed by atoms with van der Waals surface area (Å²) in [7, 11) is 1.66. The van der Waals surface area contributed by atoms with Crippen molar-refractivity contribution < 1.29 is 14.2 Å². The summed E-state index contributed by atoms with van der Waals surface area (Å²) in [6.07, 6.45) is 0.721. The van der Waals surface area contributed by atoms with Crippen LogP contribution in [0.15, 0.2) is 54.6 Å². The smallest absolute Gasteiger partial charge is 0.118 e. The number of hydrogen-bond donors (Lipinski definition) is 0. The van der Waals surface area contributed by atoms with Crippen LogP contribution in [0.2, 0.25) is 0 Å². The molecule has 0 aliphatic heterocycles. The first-order valence-electron chi connectivity index (χ1n) is 7.66. The molecule has 0 saturated carbocycles. The third-order valence-electron chi connectivity index (χ3n) is 3.21. The first-order chi connectivity index (χ1) is 11.4. The maximum Gasteiger partial charge on any atom is 0.118 e. The molecule has 0 atom stereocenters. The molecule has 0 N–H and O–H groups in total. The maximum atomic E-state index is 5.56. The minimum atomic E-state index is 0.435. The fraction of sp³-hybridized carbons (Fsp3) is 0.300. The minimum Gasteiger partial charge on any atom is -0.497 e. The van der Waals surface area contributed by atoms with Crippen molar-refractivity contribution >= 4 is 0 Å². The van der Waals surface area contributed by atoms with E-state index in [0.29, 0.717) is 26.4 Å². The van der Waals surface area contributed by atoms with E-state index in [-0.39, 0.29) is 0 Å². The topological polar surface area (TPSA) is 27.7 Å². The molecule has 2 rings (SSSR count). The second-order valence-corrected chi connectivity index (χ2v) is 4.98. The summed E-state index contributed by atoms with van der Waals surface area (Å²) in [5, 5.41) is 0. The Kier molecular flexibility index (Phi) is 7.76. The zero-order valence-electron chi connectivity index (χ0n) is 13.5. The van der Waals surface area contributed by atoms with Gasteiger partial charge in [0.2, 0.25) is 0 Å². The van der Waals surface area contributed by atoms with Gasteiger partial charge in [-0.2, -0.15) is 0 Å². The lowest BCUT2D eigenvalue weighted by Gasteiger charge is -2.03. The summed E-state index contributed by atoms with van der Waals surface area (Å²) < 4.78 is 16.2. The van der Waals surface area contributed by atoms with E-state index in [2.05, 4.69) is 24.0 Å². The van der Waals surface area contributed by atoms with E-state index >= 15 is 0 Å². The van der Waals surface area contributed by atoms with Crippen molar-refractivity contribution in [1.29, 1.82) is 0 Å². The zero-order valence-corrected chi connectivity index (χ0v) is 13.5. The summed E-state index contributed by atoms with van der Waals surface area (Å²) in [5.41, 5.74) is 2.29.